The molecule has 1 unspecified atom stereocenters. The molecule has 0 bridgehead atoms. The molecule has 0 saturated heterocycles. The van der Waals surface area contributed by atoms with E-state index in [0.29, 0.717) is 6.07 Å². The van der Waals surface area contributed by atoms with Crippen molar-refractivity contribution in [2.45, 2.75) is 6.17 Å². The summed E-state index contributed by atoms with van der Waals surface area (Å²) in [5, 5.41) is 8.16. The van der Waals surface area contributed by atoms with Crippen molar-refractivity contribution in [3.05, 3.63) is 35.1 Å². The van der Waals surface area contributed by atoms with Crippen LogP contribution >= 0.6 is 0 Å². The molecule has 14 heavy (non-hydrogen) atoms. The molecule has 6 heteroatoms. The topological polar surface area (TPSA) is 37.3 Å². The smallest absolute Gasteiger partial charge is 0.343 e. The average molecular weight is 208 g/mol. The third-order valence-electron chi connectivity index (χ3n) is 1.51. The first-order valence-electron chi connectivity index (χ1n) is 3.44. The van der Waals surface area contributed by atoms with Crippen LogP contribution in [0, 0.1) is 17.5 Å². The maximum Gasteiger partial charge on any atom is 0.343 e. The third kappa shape index (κ3) is 1.84. The lowest BCUT2D eigenvalue weighted by Gasteiger charge is -2.05. The second-order valence-corrected chi connectivity index (χ2v) is 2.49. The fourth-order valence-electron chi connectivity index (χ4n) is 0.893. The monoisotopic (exact) mass is 208 g/mol. The minimum atomic E-state index is -2.78. The Kier molecular flexibility index (Phi) is 2.73. The highest BCUT2D eigenvalue weighted by Crippen LogP contribution is 2.23. The molecular weight excluding hydrogens is 204 g/mol. The first-order valence-corrected chi connectivity index (χ1v) is 3.44. The zero-order valence-corrected chi connectivity index (χ0v) is 6.60. The van der Waals surface area contributed by atoms with Gasteiger partial charge in [-0.05, 0) is 6.07 Å². The molecule has 0 saturated carbocycles. The van der Waals surface area contributed by atoms with Crippen molar-refractivity contribution in [2.75, 3.05) is 0 Å². The number of carboxylic acids is 1. The van der Waals surface area contributed by atoms with Gasteiger partial charge in [-0.25, -0.2) is 22.4 Å². The Hall–Kier alpha value is -1.59. The Bertz CT molecular complexity index is 378. The quantitative estimate of drug-likeness (QED) is 0.597. The van der Waals surface area contributed by atoms with Gasteiger partial charge in [0.2, 0.25) is 6.17 Å². The molecule has 0 amide bonds. The molecule has 1 aromatic rings. The second kappa shape index (κ2) is 3.65. The van der Waals surface area contributed by atoms with Gasteiger partial charge >= 0.3 is 5.97 Å². The first kappa shape index (κ1) is 10.5. The van der Waals surface area contributed by atoms with Gasteiger partial charge in [0.25, 0.3) is 0 Å². The lowest BCUT2D eigenvalue weighted by atomic mass is 10.1. The van der Waals surface area contributed by atoms with Gasteiger partial charge in [-0.1, -0.05) is 0 Å². The van der Waals surface area contributed by atoms with Crippen LogP contribution in [0.15, 0.2) is 12.1 Å². The summed E-state index contributed by atoms with van der Waals surface area (Å²) in [5.74, 6) is -6.55. The van der Waals surface area contributed by atoms with E-state index in [-0.39, 0.29) is 6.07 Å². The van der Waals surface area contributed by atoms with E-state index in [0.717, 1.165) is 0 Å². The zero-order chi connectivity index (χ0) is 10.9. The van der Waals surface area contributed by atoms with Crippen LogP contribution in [0.5, 0.6) is 0 Å². The van der Waals surface area contributed by atoms with E-state index in [1.165, 1.54) is 0 Å². The number of alkyl halides is 1. The van der Waals surface area contributed by atoms with Crippen LogP contribution in [-0.2, 0) is 4.79 Å². The molecular formula is C8H4F4O2. The van der Waals surface area contributed by atoms with Gasteiger partial charge in [-0.15, -0.1) is 0 Å². The number of carbonyl (C=O) groups is 1. The summed E-state index contributed by atoms with van der Waals surface area (Å²) in [4.78, 5) is 10.1. The molecule has 0 aliphatic carbocycles. The number of benzene rings is 1. The molecule has 0 spiro atoms. The second-order valence-electron chi connectivity index (χ2n) is 2.49. The fraction of sp³-hybridized carbons (Fsp3) is 0.125. The van der Waals surface area contributed by atoms with Crippen LogP contribution in [0.25, 0.3) is 0 Å². The van der Waals surface area contributed by atoms with E-state index in [9.17, 15) is 22.4 Å². The molecule has 1 aromatic carbocycles. The van der Waals surface area contributed by atoms with Crippen molar-refractivity contribution in [2.24, 2.45) is 0 Å². The summed E-state index contributed by atoms with van der Waals surface area (Å²) in [6.45, 7) is 0. The van der Waals surface area contributed by atoms with Gasteiger partial charge in [-0.2, -0.15) is 0 Å². The molecule has 1 rings (SSSR count). The van der Waals surface area contributed by atoms with E-state index in [4.69, 9.17) is 5.11 Å². The number of hydrogen-bond donors (Lipinski definition) is 1. The van der Waals surface area contributed by atoms with Crippen molar-refractivity contribution in [3.63, 3.8) is 0 Å². The van der Waals surface area contributed by atoms with Crippen LogP contribution in [0.2, 0.25) is 0 Å². The Labute approximate surface area is 75.8 Å². The minimum Gasteiger partial charge on any atom is -0.479 e. The van der Waals surface area contributed by atoms with Crippen molar-refractivity contribution < 1.29 is 27.5 Å². The molecule has 0 heterocycles. The Morgan fingerprint density at radius 1 is 1.29 bits per heavy atom. The SMILES string of the molecule is O=C(O)C(F)c1cc(F)cc(F)c1F. The van der Waals surface area contributed by atoms with Gasteiger partial charge in [0.1, 0.15) is 5.82 Å². The van der Waals surface area contributed by atoms with Gasteiger partial charge in [0.15, 0.2) is 11.6 Å². The highest BCUT2D eigenvalue weighted by Gasteiger charge is 2.25. The maximum absolute atomic E-state index is 12.7. The summed E-state index contributed by atoms with van der Waals surface area (Å²) in [6, 6.07) is 0.505. The summed E-state index contributed by atoms with van der Waals surface area (Å²) in [5.41, 5.74) is -1.16. The summed E-state index contributed by atoms with van der Waals surface area (Å²) >= 11 is 0. The molecule has 0 aliphatic rings. The summed E-state index contributed by atoms with van der Waals surface area (Å²) < 4.78 is 50.4. The van der Waals surface area contributed by atoms with Gasteiger partial charge in [0, 0.05) is 11.6 Å². The number of carboxylic acid groups (broad SMARTS) is 1. The van der Waals surface area contributed by atoms with Crippen LogP contribution in [0.1, 0.15) is 11.7 Å². The molecule has 1 N–H and O–H groups in total. The van der Waals surface area contributed by atoms with Crippen molar-refractivity contribution in [3.8, 4) is 0 Å². The van der Waals surface area contributed by atoms with Crippen LogP contribution < -0.4 is 0 Å². The Morgan fingerprint density at radius 2 is 1.86 bits per heavy atom. The third-order valence-corrected chi connectivity index (χ3v) is 1.51. The van der Waals surface area contributed by atoms with Gasteiger partial charge < -0.3 is 5.11 Å². The highest BCUT2D eigenvalue weighted by atomic mass is 19.2. The molecule has 76 valence electrons. The zero-order valence-electron chi connectivity index (χ0n) is 6.60. The number of hydrogen-bond acceptors (Lipinski definition) is 1. The molecule has 0 aromatic heterocycles. The minimum absolute atomic E-state index is 0.202. The van der Waals surface area contributed by atoms with Crippen molar-refractivity contribution in [1.82, 2.24) is 0 Å². The van der Waals surface area contributed by atoms with Crippen LogP contribution in [0.4, 0.5) is 17.6 Å². The average Bonchev–Trinajstić information content (AvgIpc) is 2.09. The summed E-state index contributed by atoms with van der Waals surface area (Å²) in [7, 11) is 0. The molecule has 2 nitrogen and oxygen atoms in total. The van der Waals surface area contributed by atoms with Crippen LogP contribution in [-0.4, -0.2) is 11.1 Å². The maximum atomic E-state index is 12.7. The molecule has 0 aliphatic heterocycles. The van der Waals surface area contributed by atoms with Crippen LogP contribution in [0.3, 0.4) is 0 Å². The Balaban J connectivity index is 3.26. The Morgan fingerprint density at radius 3 is 2.36 bits per heavy atom. The predicted molar refractivity (Wildman–Crippen MR) is 37.8 cm³/mol. The fourth-order valence-corrected chi connectivity index (χ4v) is 0.893. The summed E-state index contributed by atoms with van der Waals surface area (Å²) in [6.07, 6.45) is -2.78. The predicted octanol–water partition coefficient (Wildman–Crippen LogP) is 2.20. The van der Waals surface area contributed by atoms with E-state index < -0.39 is 35.2 Å². The van der Waals surface area contributed by atoms with E-state index >= 15 is 0 Å². The first-order chi connectivity index (χ1) is 6.43. The standard InChI is InChI=1S/C8H4F4O2/c9-3-1-4(7(12)8(13)14)6(11)5(10)2-3/h1-2,7H,(H,13,14). The largest absolute Gasteiger partial charge is 0.479 e. The lowest BCUT2D eigenvalue weighted by Crippen LogP contribution is -2.09. The van der Waals surface area contributed by atoms with E-state index in [2.05, 4.69) is 0 Å². The molecule has 0 fully saturated rings. The van der Waals surface area contributed by atoms with E-state index in [1.807, 2.05) is 0 Å². The normalized spacial score (nSPS) is 12.6. The lowest BCUT2D eigenvalue weighted by molar-refractivity contribution is -0.143. The van der Waals surface area contributed by atoms with E-state index in [1.54, 1.807) is 0 Å². The van der Waals surface area contributed by atoms with Crippen molar-refractivity contribution in [1.29, 1.82) is 0 Å². The molecule has 1 atom stereocenters. The number of aliphatic carboxylic acids is 1. The molecule has 0 radical (unpaired) electrons. The highest BCUT2D eigenvalue weighted by molar-refractivity contribution is 5.74. The van der Waals surface area contributed by atoms with Gasteiger partial charge in [0.05, 0.1) is 0 Å². The number of rotatable bonds is 2. The number of halogens is 4. The van der Waals surface area contributed by atoms with Gasteiger partial charge in [-0.3, -0.25) is 0 Å². The van der Waals surface area contributed by atoms with Crippen molar-refractivity contribution >= 4 is 5.97 Å².